The quantitative estimate of drug-likeness (QED) is 0.728. The van der Waals surface area contributed by atoms with E-state index < -0.39 is 0 Å². The van der Waals surface area contributed by atoms with E-state index in [1.54, 1.807) is 0 Å². The van der Waals surface area contributed by atoms with Gasteiger partial charge in [-0.1, -0.05) is 12.1 Å². The van der Waals surface area contributed by atoms with Crippen molar-refractivity contribution in [2.75, 3.05) is 18.0 Å². The molecule has 1 atom stereocenters. The minimum atomic E-state index is -0.187. The van der Waals surface area contributed by atoms with Crippen LogP contribution < -0.4 is 4.90 Å². The molecule has 2 N–H and O–H groups in total. The fraction of sp³-hybridized carbons (Fsp3) is 0.455. The van der Waals surface area contributed by atoms with Crippen molar-refractivity contribution >= 4 is 5.69 Å². The second kappa shape index (κ2) is 3.98. The Morgan fingerprint density at radius 1 is 1.29 bits per heavy atom. The Morgan fingerprint density at radius 2 is 2.00 bits per heavy atom. The number of aliphatic hydroxyl groups excluding tert-OH is 2. The van der Waals surface area contributed by atoms with E-state index in [0.29, 0.717) is 0 Å². The van der Waals surface area contributed by atoms with Gasteiger partial charge in [0.15, 0.2) is 0 Å². The summed E-state index contributed by atoms with van der Waals surface area (Å²) in [5.41, 5.74) is 2.05. The summed E-state index contributed by atoms with van der Waals surface area (Å²) in [6, 6.07) is 7.81. The second-order valence-electron chi connectivity index (χ2n) is 3.71. The number of aliphatic hydroxyl groups is 2. The number of hydrogen-bond donors (Lipinski definition) is 2. The van der Waals surface area contributed by atoms with Gasteiger partial charge < -0.3 is 15.1 Å². The minimum absolute atomic E-state index is 0.0862. The molecule has 3 nitrogen and oxygen atoms in total. The highest BCUT2D eigenvalue weighted by Crippen LogP contribution is 2.20. The molecule has 0 saturated carbocycles. The van der Waals surface area contributed by atoms with Gasteiger partial charge in [-0.3, -0.25) is 0 Å². The summed E-state index contributed by atoms with van der Waals surface area (Å²) in [5.74, 6) is 0. The van der Waals surface area contributed by atoms with Crippen molar-refractivity contribution < 1.29 is 10.2 Å². The van der Waals surface area contributed by atoms with Crippen LogP contribution in [0.4, 0.5) is 5.69 Å². The molecule has 14 heavy (non-hydrogen) atoms. The normalized spacial score (nSPS) is 21.6. The van der Waals surface area contributed by atoms with Crippen LogP contribution in [-0.2, 0) is 6.61 Å². The number of nitrogens with zero attached hydrogens (tertiary/aromatic N) is 1. The Labute approximate surface area is 83.6 Å². The van der Waals surface area contributed by atoms with E-state index in [1.807, 2.05) is 24.3 Å². The Hall–Kier alpha value is -1.06. The van der Waals surface area contributed by atoms with Crippen molar-refractivity contribution in [1.82, 2.24) is 0 Å². The van der Waals surface area contributed by atoms with Crippen LogP contribution in [0.25, 0.3) is 0 Å². The van der Waals surface area contributed by atoms with Crippen LogP contribution in [0.3, 0.4) is 0 Å². The van der Waals surface area contributed by atoms with Crippen LogP contribution in [0.2, 0.25) is 0 Å². The van der Waals surface area contributed by atoms with Gasteiger partial charge in [-0.15, -0.1) is 0 Å². The first kappa shape index (κ1) is 9.49. The highest BCUT2D eigenvalue weighted by Gasteiger charge is 2.19. The van der Waals surface area contributed by atoms with Crippen LogP contribution in [0.5, 0.6) is 0 Å². The highest BCUT2D eigenvalue weighted by atomic mass is 16.3. The zero-order chi connectivity index (χ0) is 9.97. The molecule has 0 aliphatic carbocycles. The number of anilines is 1. The molecule has 76 valence electrons. The SMILES string of the molecule is OCc1ccc(N2CCC(O)C2)cc1. The third-order valence-electron chi connectivity index (χ3n) is 2.65. The average molecular weight is 193 g/mol. The highest BCUT2D eigenvalue weighted by molar-refractivity contribution is 5.48. The topological polar surface area (TPSA) is 43.7 Å². The molecule has 0 aromatic heterocycles. The van der Waals surface area contributed by atoms with E-state index in [2.05, 4.69) is 4.90 Å². The Kier molecular flexibility index (Phi) is 2.70. The number of rotatable bonds is 2. The molecule has 1 heterocycles. The molecule has 1 unspecified atom stereocenters. The third kappa shape index (κ3) is 1.89. The van der Waals surface area contributed by atoms with Gasteiger partial charge in [0.2, 0.25) is 0 Å². The van der Waals surface area contributed by atoms with Crippen LogP contribution in [0.15, 0.2) is 24.3 Å². The summed E-state index contributed by atoms with van der Waals surface area (Å²) in [6.07, 6.45) is 0.661. The lowest BCUT2D eigenvalue weighted by atomic mass is 10.2. The maximum Gasteiger partial charge on any atom is 0.0731 e. The van der Waals surface area contributed by atoms with Crippen LogP contribution in [0, 0.1) is 0 Å². The van der Waals surface area contributed by atoms with Crippen LogP contribution in [0.1, 0.15) is 12.0 Å². The first-order chi connectivity index (χ1) is 6.79. The van der Waals surface area contributed by atoms with Crippen molar-refractivity contribution in [2.45, 2.75) is 19.1 Å². The zero-order valence-corrected chi connectivity index (χ0v) is 8.06. The lowest BCUT2D eigenvalue weighted by molar-refractivity contribution is 0.198. The van der Waals surface area contributed by atoms with Gasteiger partial charge in [0.05, 0.1) is 12.7 Å². The molecular formula is C11H15NO2. The lowest BCUT2D eigenvalue weighted by Crippen LogP contribution is -2.20. The molecule has 0 amide bonds. The van der Waals surface area contributed by atoms with E-state index >= 15 is 0 Å². The summed E-state index contributed by atoms with van der Waals surface area (Å²) >= 11 is 0. The third-order valence-corrected chi connectivity index (χ3v) is 2.65. The first-order valence-electron chi connectivity index (χ1n) is 4.92. The van der Waals surface area contributed by atoms with E-state index in [0.717, 1.165) is 30.8 Å². The van der Waals surface area contributed by atoms with E-state index in [9.17, 15) is 5.11 Å². The summed E-state index contributed by atoms with van der Waals surface area (Å²) < 4.78 is 0. The molecule has 2 rings (SSSR count). The maximum absolute atomic E-state index is 9.38. The summed E-state index contributed by atoms with van der Waals surface area (Å²) in [5, 5.41) is 18.3. The number of benzene rings is 1. The average Bonchev–Trinajstić information content (AvgIpc) is 2.65. The van der Waals surface area contributed by atoms with Crippen LogP contribution >= 0.6 is 0 Å². The van der Waals surface area contributed by atoms with E-state index in [4.69, 9.17) is 5.11 Å². The molecular weight excluding hydrogens is 178 g/mol. The van der Waals surface area contributed by atoms with Crippen molar-refractivity contribution in [3.8, 4) is 0 Å². The molecule has 0 spiro atoms. The molecule has 0 bridgehead atoms. The van der Waals surface area contributed by atoms with Crippen molar-refractivity contribution in [3.63, 3.8) is 0 Å². The number of β-amino-alcohol motifs (C(OH)–C–C–N with tert-alkyl or cyclic N) is 1. The first-order valence-corrected chi connectivity index (χ1v) is 4.92. The summed E-state index contributed by atoms with van der Waals surface area (Å²) in [6.45, 7) is 1.72. The largest absolute Gasteiger partial charge is 0.392 e. The molecule has 1 aliphatic heterocycles. The van der Waals surface area contributed by atoms with Gasteiger partial charge in [-0.25, -0.2) is 0 Å². The van der Waals surface area contributed by atoms with E-state index in [1.165, 1.54) is 0 Å². The van der Waals surface area contributed by atoms with Gasteiger partial charge in [-0.05, 0) is 24.1 Å². The second-order valence-corrected chi connectivity index (χ2v) is 3.71. The van der Waals surface area contributed by atoms with Gasteiger partial charge >= 0.3 is 0 Å². The zero-order valence-electron chi connectivity index (χ0n) is 8.06. The monoisotopic (exact) mass is 193 g/mol. The van der Waals surface area contributed by atoms with Gasteiger partial charge in [0.25, 0.3) is 0 Å². The predicted octanol–water partition coefficient (Wildman–Crippen LogP) is 0.750. The Bertz CT molecular complexity index is 297. The van der Waals surface area contributed by atoms with Gasteiger partial charge in [-0.2, -0.15) is 0 Å². The molecule has 1 saturated heterocycles. The molecule has 0 radical (unpaired) electrons. The smallest absolute Gasteiger partial charge is 0.0731 e. The Morgan fingerprint density at radius 3 is 2.50 bits per heavy atom. The molecule has 1 aromatic carbocycles. The maximum atomic E-state index is 9.38. The summed E-state index contributed by atoms with van der Waals surface area (Å²) in [7, 11) is 0. The lowest BCUT2D eigenvalue weighted by Gasteiger charge is -2.17. The van der Waals surface area contributed by atoms with Gasteiger partial charge in [0, 0.05) is 18.8 Å². The molecule has 3 heteroatoms. The van der Waals surface area contributed by atoms with Crippen LogP contribution in [-0.4, -0.2) is 29.4 Å². The molecule has 1 fully saturated rings. The van der Waals surface area contributed by atoms with E-state index in [-0.39, 0.29) is 12.7 Å². The minimum Gasteiger partial charge on any atom is -0.392 e. The fourth-order valence-electron chi connectivity index (χ4n) is 1.79. The van der Waals surface area contributed by atoms with Crippen molar-refractivity contribution in [2.24, 2.45) is 0 Å². The summed E-state index contributed by atoms with van der Waals surface area (Å²) in [4.78, 5) is 2.16. The predicted molar refractivity (Wildman–Crippen MR) is 55.2 cm³/mol. The fourth-order valence-corrected chi connectivity index (χ4v) is 1.79. The Balaban J connectivity index is 2.09. The number of hydrogen-bond acceptors (Lipinski definition) is 3. The van der Waals surface area contributed by atoms with Crippen molar-refractivity contribution in [3.05, 3.63) is 29.8 Å². The van der Waals surface area contributed by atoms with Gasteiger partial charge in [0.1, 0.15) is 0 Å². The van der Waals surface area contributed by atoms with Crippen molar-refractivity contribution in [1.29, 1.82) is 0 Å². The standard InChI is InChI=1S/C11H15NO2/c13-8-9-1-3-10(4-2-9)12-6-5-11(14)7-12/h1-4,11,13-14H,5-8H2. The molecule has 1 aromatic rings. The molecule has 1 aliphatic rings.